The van der Waals surface area contributed by atoms with Crippen LogP contribution in [0.2, 0.25) is 0 Å². The maximum Gasteiger partial charge on any atom is 0.0951 e. The summed E-state index contributed by atoms with van der Waals surface area (Å²) >= 11 is 1.59. The van der Waals surface area contributed by atoms with Crippen molar-refractivity contribution in [2.75, 3.05) is 13.1 Å². The third-order valence-corrected chi connectivity index (χ3v) is 2.50. The molecule has 0 amide bonds. The molecule has 0 fully saturated rings. The number of aromatic nitrogens is 1. The van der Waals surface area contributed by atoms with E-state index >= 15 is 0 Å². The van der Waals surface area contributed by atoms with Crippen LogP contribution in [0.25, 0.3) is 0 Å². The average molecular weight is 200 g/mol. The summed E-state index contributed by atoms with van der Waals surface area (Å²) < 4.78 is 0. The van der Waals surface area contributed by atoms with Gasteiger partial charge in [0.2, 0.25) is 0 Å². The van der Waals surface area contributed by atoms with E-state index in [1.807, 2.05) is 5.38 Å². The molecule has 4 heteroatoms. The first-order chi connectivity index (χ1) is 6.33. The molecule has 0 aliphatic carbocycles. The Morgan fingerprint density at radius 2 is 2.54 bits per heavy atom. The first kappa shape index (κ1) is 10.6. The zero-order chi connectivity index (χ0) is 9.52. The number of aliphatic hydroxyl groups is 1. The average Bonchev–Trinajstić information content (AvgIpc) is 2.57. The van der Waals surface area contributed by atoms with Gasteiger partial charge >= 0.3 is 0 Å². The number of rotatable bonds is 6. The molecular weight excluding hydrogens is 184 g/mol. The van der Waals surface area contributed by atoms with Gasteiger partial charge < -0.3 is 10.4 Å². The Morgan fingerprint density at radius 1 is 1.69 bits per heavy atom. The van der Waals surface area contributed by atoms with Gasteiger partial charge in [-0.3, -0.25) is 0 Å². The van der Waals surface area contributed by atoms with Gasteiger partial charge in [0.1, 0.15) is 0 Å². The number of hydrogen-bond donors (Lipinski definition) is 2. The van der Waals surface area contributed by atoms with Crippen molar-refractivity contribution in [3.8, 4) is 0 Å². The third kappa shape index (κ3) is 4.36. The Hall–Kier alpha value is -0.450. The molecule has 1 aromatic rings. The van der Waals surface area contributed by atoms with Gasteiger partial charge in [-0.05, 0) is 13.0 Å². The second-order valence-electron chi connectivity index (χ2n) is 2.99. The minimum absolute atomic E-state index is 0.308. The molecule has 13 heavy (non-hydrogen) atoms. The van der Waals surface area contributed by atoms with Crippen molar-refractivity contribution >= 4 is 11.3 Å². The minimum atomic E-state index is -0.308. The van der Waals surface area contributed by atoms with Gasteiger partial charge in [0, 0.05) is 24.5 Å². The lowest BCUT2D eigenvalue weighted by Crippen LogP contribution is -2.28. The summed E-state index contributed by atoms with van der Waals surface area (Å²) in [5.41, 5.74) is 0. The fourth-order valence-corrected chi connectivity index (χ4v) is 1.76. The molecule has 1 atom stereocenters. The third-order valence-electron chi connectivity index (χ3n) is 1.70. The lowest BCUT2D eigenvalue weighted by Gasteiger charge is -2.09. The van der Waals surface area contributed by atoms with Crippen LogP contribution in [0.15, 0.2) is 11.6 Å². The van der Waals surface area contributed by atoms with Gasteiger partial charge in [-0.15, -0.1) is 11.3 Å². The summed E-state index contributed by atoms with van der Waals surface area (Å²) in [6.45, 7) is 3.74. The predicted octanol–water partition coefficient (Wildman–Crippen LogP) is 1.05. The Balaban J connectivity index is 2.14. The monoisotopic (exact) mass is 200 g/mol. The van der Waals surface area contributed by atoms with Crippen LogP contribution in [-0.4, -0.2) is 29.3 Å². The zero-order valence-electron chi connectivity index (χ0n) is 7.86. The quantitative estimate of drug-likeness (QED) is 0.675. The molecule has 0 radical (unpaired) electrons. The summed E-state index contributed by atoms with van der Waals surface area (Å²) in [5, 5.41) is 15.7. The summed E-state index contributed by atoms with van der Waals surface area (Å²) in [4.78, 5) is 4.12. The number of nitrogens with zero attached hydrogens (tertiary/aromatic N) is 1. The van der Waals surface area contributed by atoms with Gasteiger partial charge in [0.05, 0.1) is 11.1 Å². The Morgan fingerprint density at radius 3 is 3.15 bits per heavy atom. The van der Waals surface area contributed by atoms with E-state index in [1.54, 1.807) is 17.5 Å². The summed E-state index contributed by atoms with van der Waals surface area (Å²) in [6, 6.07) is 0. The van der Waals surface area contributed by atoms with Crippen LogP contribution in [0.4, 0.5) is 0 Å². The molecule has 0 aliphatic heterocycles. The van der Waals surface area contributed by atoms with Gasteiger partial charge in [0.25, 0.3) is 0 Å². The van der Waals surface area contributed by atoms with E-state index in [1.165, 1.54) is 0 Å². The van der Waals surface area contributed by atoms with Crippen molar-refractivity contribution in [2.24, 2.45) is 0 Å². The van der Waals surface area contributed by atoms with Crippen LogP contribution in [0.3, 0.4) is 0 Å². The summed E-state index contributed by atoms with van der Waals surface area (Å²) in [7, 11) is 0. The molecule has 1 rings (SSSR count). The van der Waals surface area contributed by atoms with E-state index in [2.05, 4.69) is 17.2 Å². The van der Waals surface area contributed by atoms with Crippen LogP contribution in [-0.2, 0) is 6.42 Å². The van der Waals surface area contributed by atoms with E-state index in [0.717, 1.165) is 18.0 Å². The molecule has 0 saturated heterocycles. The van der Waals surface area contributed by atoms with Gasteiger partial charge in [-0.25, -0.2) is 4.98 Å². The molecule has 1 unspecified atom stereocenters. The van der Waals surface area contributed by atoms with Crippen LogP contribution in [0.5, 0.6) is 0 Å². The van der Waals surface area contributed by atoms with Gasteiger partial charge in [-0.2, -0.15) is 0 Å². The lowest BCUT2D eigenvalue weighted by atomic mass is 10.2. The predicted molar refractivity (Wildman–Crippen MR) is 55.0 cm³/mol. The molecule has 74 valence electrons. The second-order valence-corrected chi connectivity index (χ2v) is 3.97. The van der Waals surface area contributed by atoms with Crippen molar-refractivity contribution < 1.29 is 5.11 Å². The number of hydrogen-bond acceptors (Lipinski definition) is 4. The van der Waals surface area contributed by atoms with Crippen LogP contribution in [0.1, 0.15) is 18.4 Å². The van der Waals surface area contributed by atoms with E-state index < -0.39 is 0 Å². The smallest absolute Gasteiger partial charge is 0.0951 e. The van der Waals surface area contributed by atoms with Crippen LogP contribution < -0.4 is 5.32 Å². The SMILES string of the molecule is CCCNCC(O)Cc1nccs1. The molecular formula is C9H16N2OS. The maximum atomic E-state index is 9.55. The molecule has 1 heterocycles. The Kier molecular flexibility index (Phi) is 4.97. The topological polar surface area (TPSA) is 45.1 Å². The molecule has 0 bridgehead atoms. The Bertz CT molecular complexity index is 213. The first-order valence-corrected chi connectivity index (χ1v) is 5.48. The highest BCUT2D eigenvalue weighted by Crippen LogP contribution is 2.06. The second kappa shape index (κ2) is 6.07. The van der Waals surface area contributed by atoms with Crippen molar-refractivity contribution in [3.63, 3.8) is 0 Å². The number of nitrogens with one attached hydrogen (secondary N) is 1. The molecule has 3 nitrogen and oxygen atoms in total. The van der Waals surface area contributed by atoms with Crippen LogP contribution in [0, 0.1) is 0 Å². The fraction of sp³-hybridized carbons (Fsp3) is 0.667. The summed E-state index contributed by atoms with van der Waals surface area (Å²) in [5.74, 6) is 0. The normalized spacial score (nSPS) is 13.1. The minimum Gasteiger partial charge on any atom is -0.391 e. The van der Waals surface area contributed by atoms with E-state index in [0.29, 0.717) is 13.0 Å². The number of aliphatic hydroxyl groups excluding tert-OH is 1. The standard InChI is InChI=1S/C9H16N2OS/c1-2-3-10-7-8(12)6-9-11-4-5-13-9/h4-5,8,10,12H,2-3,6-7H2,1H3. The molecule has 0 saturated carbocycles. The summed E-state index contributed by atoms with van der Waals surface area (Å²) in [6.07, 6.45) is 3.22. The van der Waals surface area contributed by atoms with Crippen LogP contribution >= 0.6 is 11.3 Å². The van der Waals surface area contributed by atoms with E-state index in [4.69, 9.17) is 0 Å². The number of thiazole rings is 1. The van der Waals surface area contributed by atoms with Crippen molar-refractivity contribution in [1.29, 1.82) is 0 Å². The zero-order valence-corrected chi connectivity index (χ0v) is 8.68. The van der Waals surface area contributed by atoms with Gasteiger partial charge in [0.15, 0.2) is 0 Å². The lowest BCUT2D eigenvalue weighted by molar-refractivity contribution is 0.172. The highest BCUT2D eigenvalue weighted by molar-refractivity contribution is 7.09. The molecule has 0 aromatic carbocycles. The molecule has 2 N–H and O–H groups in total. The molecule has 0 spiro atoms. The Labute approximate surface area is 82.8 Å². The largest absolute Gasteiger partial charge is 0.391 e. The first-order valence-electron chi connectivity index (χ1n) is 4.60. The van der Waals surface area contributed by atoms with Crippen molar-refractivity contribution in [3.05, 3.63) is 16.6 Å². The highest BCUT2D eigenvalue weighted by Gasteiger charge is 2.05. The maximum absolute atomic E-state index is 9.55. The van der Waals surface area contributed by atoms with Crippen molar-refractivity contribution in [1.82, 2.24) is 10.3 Å². The molecule has 0 aliphatic rings. The van der Waals surface area contributed by atoms with E-state index in [-0.39, 0.29) is 6.10 Å². The highest BCUT2D eigenvalue weighted by atomic mass is 32.1. The molecule has 1 aromatic heterocycles. The fourth-order valence-electron chi connectivity index (χ4n) is 1.07. The van der Waals surface area contributed by atoms with E-state index in [9.17, 15) is 5.11 Å². The van der Waals surface area contributed by atoms with Crippen molar-refractivity contribution in [2.45, 2.75) is 25.9 Å². The van der Waals surface area contributed by atoms with Gasteiger partial charge in [-0.1, -0.05) is 6.92 Å².